The fraction of sp³-hybridized carbons (Fsp3) is 0.172. The van der Waals surface area contributed by atoms with E-state index in [-0.39, 0.29) is 16.9 Å². The normalized spacial score (nSPS) is 11.2. The molecule has 9 heteroatoms. The Hall–Kier alpha value is -4.92. The second-order valence-electron chi connectivity index (χ2n) is 9.76. The molecule has 3 aromatic carbocycles. The van der Waals surface area contributed by atoms with E-state index >= 15 is 0 Å². The molecule has 0 spiro atoms. The van der Waals surface area contributed by atoms with Crippen molar-refractivity contribution in [3.63, 3.8) is 0 Å². The molecule has 1 heterocycles. The maximum Gasteiger partial charge on any atom is 0.338 e. The number of hydrogen-bond acceptors (Lipinski definition) is 6. The van der Waals surface area contributed by atoms with E-state index in [1.165, 1.54) is 13.0 Å². The molecule has 0 saturated carbocycles. The van der Waals surface area contributed by atoms with Gasteiger partial charge in [-0.25, -0.2) is 9.59 Å². The van der Waals surface area contributed by atoms with Crippen LogP contribution in [0.3, 0.4) is 0 Å². The van der Waals surface area contributed by atoms with Gasteiger partial charge >= 0.3 is 12.0 Å². The molecule has 0 atom stereocenters. The van der Waals surface area contributed by atoms with Gasteiger partial charge in [0, 0.05) is 27.9 Å². The minimum absolute atomic E-state index is 0.0329. The summed E-state index contributed by atoms with van der Waals surface area (Å²) in [6.07, 6.45) is 0. The van der Waals surface area contributed by atoms with E-state index in [0.29, 0.717) is 27.9 Å². The summed E-state index contributed by atoms with van der Waals surface area (Å²) in [4.78, 5) is 55.5. The first-order chi connectivity index (χ1) is 18.0. The van der Waals surface area contributed by atoms with Crippen molar-refractivity contribution in [2.75, 3.05) is 10.6 Å². The van der Waals surface area contributed by atoms with Crippen LogP contribution in [0.2, 0.25) is 0 Å². The second kappa shape index (κ2) is 10.2. The predicted octanol–water partition coefficient (Wildman–Crippen LogP) is 5.43. The Bertz CT molecular complexity index is 1550. The number of rotatable bonds is 6. The van der Waals surface area contributed by atoms with Crippen molar-refractivity contribution in [3.8, 4) is 5.88 Å². The van der Waals surface area contributed by atoms with Gasteiger partial charge in [-0.1, -0.05) is 30.3 Å². The third-order valence-electron chi connectivity index (χ3n) is 5.76. The number of anilines is 2. The van der Waals surface area contributed by atoms with Crippen LogP contribution in [0.25, 0.3) is 10.9 Å². The van der Waals surface area contributed by atoms with Crippen molar-refractivity contribution in [1.82, 2.24) is 4.73 Å². The molecule has 0 radical (unpaired) electrons. The van der Waals surface area contributed by atoms with Crippen LogP contribution >= 0.6 is 0 Å². The molecule has 9 nitrogen and oxygen atoms in total. The maximum atomic E-state index is 13.3. The fourth-order valence-corrected chi connectivity index (χ4v) is 3.68. The zero-order valence-corrected chi connectivity index (χ0v) is 21.4. The lowest BCUT2D eigenvalue weighted by atomic mass is 9.98. The van der Waals surface area contributed by atoms with E-state index in [1.807, 2.05) is 0 Å². The van der Waals surface area contributed by atoms with Crippen LogP contribution in [0, 0.1) is 5.41 Å². The van der Waals surface area contributed by atoms with Crippen molar-refractivity contribution < 1.29 is 29.1 Å². The Kier molecular flexibility index (Phi) is 7.03. The van der Waals surface area contributed by atoms with Crippen molar-refractivity contribution in [1.29, 1.82) is 0 Å². The quantitative estimate of drug-likeness (QED) is 0.295. The van der Waals surface area contributed by atoms with Crippen LogP contribution in [0.5, 0.6) is 5.88 Å². The van der Waals surface area contributed by atoms with Gasteiger partial charge in [0.05, 0.1) is 16.5 Å². The number of nitrogens with zero attached hydrogens (tertiary/aromatic N) is 1. The molecular formula is C29H27N3O6. The average molecular weight is 514 g/mol. The average Bonchev–Trinajstić information content (AvgIpc) is 3.14. The van der Waals surface area contributed by atoms with Crippen LogP contribution in [0.1, 0.15) is 54.0 Å². The van der Waals surface area contributed by atoms with Crippen molar-refractivity contribution in [2.24, 2.45) is 5.41 Å². The van der Waals surface area contributed by atoms with Crippen molar-refractivity contribution in [3.05, 3.63) is 89.5 Å². The Morgan fingerprint density at radius 2 is 1.42 bits per heavy atom. The van der Waals surface area contributed by atoms with Gasteiger partial charge in [-0.2, -0.15) is 0 Å². The molecule has 0 unspecified atom stereocenters. The summed E-state index contributed by atoms with van der Waals surface area (Å²) in [6.45, 7) is 6.44. The first-order valence-electron chi connectivity index (χ1n) is 11.8. The highest BCUT2D eigenvalue weighted by Crippen LogP contribution is 2.34. The molecule has 0 aliphatic carbocycles. The lowest BCUT2D eigenvalue weighted by Gasteiger charge is -2.17. The standard InChI is InChI=1S/C29H27N3O6/c1-17(33)18-10-12-20(13-11-18)30-28(37)31-21-14-15-22-23(16-21)32(38-27(36)29(2,3)4)26(35)24(22)25(34)19-8-6-5-7-9-19/h5-16,35H,1-4H3,(H2,30,31,37). The number of fused-ring (bicyclic) bond motifs is 1. The van der Waals surface area contributed by atoms with E-state index in [2.05, 4.69) is 10.6 Å². The summed E-state index contributed by atoms with van der Waals surface area (Å²) in [5.41, 5.74) is 0.955. The zero-order valence-electron chi connectivity index (χ0n) is 21.4. The van der Waals surface area contributed by atoms with Crippen LogP contribution < -0.4 is 15.5 Å². The topological polar surface area (TPSA) is 127 Å². The van der Waals surface area contributed by atoms with E-state index in [0.717, 1.165) is 4.73 Å². The van der Waals surface area contributed by atoms with Gasteiger partial charge in [-0.05, 0) is 70.2 Å². The first kappa shape index (κ1) is 26.2. The largest absolute Gasteiger partial charge is 0.492 e. The number of aromatic nitrogens is 1. The first-order valence-corrected chi connectivity index (χ1v) is 11.8. The second-order valence-corrected chi connectivity index (χ2v) is 9.76. The number of aromatic hydroxyl groups is 1. The summed E-state index contributed by atoms with van der Waals surface area (Å²) in [5.74, 6) is -1.70. The summed E-state index contributed by atoms with van der Waals surface area (Å²) in [6, 6.07) is 18.9. The van der Waals surface area contributed by atoms with Gasteiger partial charge in [-0.3, -0.25) is 9.59 Å². The monoisotopic (exact) mass is 513 g/mol. The lowest BCUT2D eigenvalue weighted by Crippen LogP contribution is -2.31. The molecule has 3 N–H and O–H groups in total. The molecule has 194 valence electrons. The maximum absolute atomic E-state index is 13.3. The number of amides is 2. The minimum atomic E-state index is -0.889. The SMILES string of the molecule is CC(=O)c1ccc(NC(=O)Nc2ccc3c(C(=O)c4ccccc4)c(O)n(OC(=O)C(C)(C)C)c3c2)cc1. The van der Waals surface area contributed by atoms with Gasteiger partial charge in [0.25, 0.3) is 0 Å². The molecule has 2 amide bonds. The van der Waals surface area contributed by atoms with E-state index < -0.39 is 29.1 Å². The molecule has 4 rings (SSSR count). The van der Waals surface area contributed by atoms with Crippen molar-refractivity contribution >= 4 is 45.8 Å². The molecular weight excluding hydrogens is 486 g/mol. The summed E-state index contributed by atoms with van der Waals surface area (Å²) < 4.78 is 0.905. The van der Waals surface area contributed by atoms with Crippen LogP contribution in [0.4, 0.5) is 16.2 Å². The fourth-order valence-electron chi connectivity index (χ4n) is 3.68. The van der Waals surface area contributed by atoms with Gasteiger partial charge < -0.3 is 20.6 Å². The highest BCUT2D eigenvalue weighted by Gasteiger charge is 2.30. The third kappa shape index (κ3) is 5.41. The van der Waals surface area contributed by atoms with Crippen molar-refractivity contribution in [2.45, 2.75) is 27.7 Å². The molecule has 0 aliphatic heterocycles. The molecule has 1 aromatic heterocycles. The Balaban J connectivity index is 1.69. The van der Waals surface area contributed by atoms with E-state index in [1.54, 1.807) is 87.5 Å². The number of urea groups is 1. The lowest BCUT2D eigenvalue weighted by molar-refractivity contribution is -0.153. The van der Waals surface area contributed by atoms with Crippen LogP contribution in [0.15, 0.2) is 72.8 Å². The molecule has 38 heavy (non-hydrogen) atoms. The third-order valence-corrected chi connectivity index (χ3v) is 5.76. The van der Waals surface area contributed by atoms with Gasteiger partial charge in [0.1, 0.15) is 0 Å². The number of carbonyl (C=O) groups is 4. The number of carbonyl (C=O) groups excluding carboxylic acids is 4. The van der Waals surface area contributed by atoms with Crippen LogP contribution in [-0.4, -0.2) is 33.4 Å². The highest BCUT2D eigenvalue weighted by molar-refractivity contribution is 6.19. The Labute approximate surface area is 219 Å². The summed E-state index contributed by atoms with van der Waals surface area (Å²) in [7, 11) is 0. The van der Waals surface area contributed by atoms with Gasteiger partial charge in [-0.15, -0.1) is 4.73 Å². The molecule has 0 bridgehead atoms. The molecule has 0 saturated heterocycles. The minimum Gasteiger partial charge on any atom is -0.492 e. The highest BCUT2D eigenvalue weighted by atomic mass is 16.7. The number of Topliss-reactive ketones (excluding diaryl/α,β-unsaturated/α-hetero) is 1. The smallest absolute Gasteiger partial charge is 0.338 e. The number of hydrogen-bond donors (Lipinski definition) is 3. The van der Waals surface area contributed by atoms with E-state index in [4.69, 9.17) is 4.84 Å². The predicted molar refractivity (Wildman–Crippen MR) is 144 cm³/mol. The number of benzene rings is 3. The van der Waals surface area contributed by atoms with Gasteiger partial charge in [0.2, 0.25) is 5.88 Å². The zero-order chi connectivity index (χ0) is 27.6. The summed E-state index contributed by atoms with van der Waals surface area (Å²) in [5, 5.41) is 16.7. The Morgan fingerprint density at radius 1 is 0.816 bits per heavy atom. The van der Waals surface area contributed by atoms with E-state index in [9.17, 15) is 24.3 Å². The van der Waals surface area contributed by atoms with Crippen LogP contribution in [-0.2, 0) is 4.79 Å². The summed E-state index contributed by atoms with van der Waals surface area (Å²) >= 11 is 0. The molecule has 0 fully saturated rings. The Morgan fingerprint density at radius 3 is 2.03 bits per heavy atom. The number of ketones is 2. The molecule has 4 aromatic rings. The molecule has 0 aliphatic rings. The number of nitrogens with one attached hydrogen (secondary N) is 2. The van der Waals surface area contributed by atoms with Gasteiger partial charge in [0.15, 0.2) is 11.6 Å².